The molecule has 0 saturated heterocycles. The summed E-state index contributed by atoms with van der Waals surface area (Å²) in [6, 6.07) is 18.1. The molecule has 10 heteroatoms. The number of hydrogen-bond acceptors (Lipinski definition) is 7. The minimum absolute atomic E-state index is 0.0601. The Morgan fingerprint density at radius 2 is 1.97 bits per heavy atom. The number of amidine groups is 2. The highest BCUT2D eigenvalue weighted by atomic mass is 32.2. The number of fused-ring (bicyclic) bond motifs is 3. The summed E-state index contributed by atoms with van der Waals surface area (Å²) in [4.78, 5) is 51.2. The maximum Gasteiger partial charge on any atom is 0.259 e. The lowest BCUT2D eigenvalue weighted by Gasteiger charge is -2.27. The second kappa shape index (κ2) is 11.3. The van der Waals surface area contributed by atoms with E-state index in [4.69, 9.17) is 4.99 Å². The molecule has 0 saturated carbocycles. The number of thioether (sulfide) groups is 1. The van der Waals surface area contributed by atoms with E-state index in [0.29, 0.717) is 29.7 Å². The summed E-state index contributed by atoms with van der Waals surface area (Å²) in [7, 11) is 0. The van der Waals surface area contributed by atoms with Crippen LogP contribution in [0.15, 0.2) is 76.0 Å². The molecule has 0 aliphatic carbocycles. The molecule has 2 N–H and O–H groups in total. The predicted octanol–water partition coefficient (Wildman–Crippen LogP) is 4.87. The molecule has 38 heavy (non-hydrogen) atoms. The lowest BCUT2D eigenvalue weighted by molar-refractivity contribution is -0.128. The van der Waals surface area contributed by atoms with Crippen LogP contribution in [0.25, 0.3) is 0 Å². The van der Waals surface area contributed by atoms with Crippen molar-refractivity contribution in [3.63, 3.8) is 0 Å². The Kier molecular flexibility index (Phi) is 7.71. The summed E-state index contributed by atoms with van der Waals surface area (Å²) in [5, 5.41) is 7.70. The van der Waals surface area contributed by atoms with E-state index in [1.807, 2.05) is 79.9 Å². The first-order valence-corrected chi connectivity index (χ1v) is 14.1. The quantitative estimate of drug-likeness (QED) is 0.421. The van der Waals surface area contributed by atoms with E-state index in [0.717, 1.165) is 21.7 Å². The highest BCUT2D eigenvalue weighted by Crippen LogP contribution is 2.36. The fourth-order valence-corrected chi connectivity index (χ4v) is 5.92. The Labute approximate surface area is 229 Å². The third-order valence-corrected chi connectivity index (χ3v) is 8.36. The van der Waals surface area contributed by atoms with Gasteiger partial charge in [-0.05, 0) is 54.6 Å². The molecule has 1 aromatic heterocycles. The van der Waals surface area contributed by atoms with E-state index in [1.54, 1.807) is 11.3 Å². The topological polar surface area (TPSA) is 103 Å². The van der Waals surface area contributed by atoms with Crippen LogP contribution >= 0.6 is 23.1 Å². The van der Waals surface area contributed by atoms with Gasteiger partial charge in [0.25, 0.3) is 5.91 Å². The first kappa shape index (κ1) is 25.9. The molecule has 2 atom stereocenters. The second-order valence-corrected chi connectivity index (χ2v) is 11.2. The number of carbonyl (C=O) groups is 3. The standard InChI is InChI=1S/C28H27N5O3S2/c1-3-23(26(35)30-18-9-6-8-17(2)14-18)38-28-32-21-12-5-4-11-20(21)25-31-22(27(36)33(25)28)15-24(34)29-16-19-10-7-13-37-19/h4-14,22-23H,3,15-16H2,1-2H3,(H,29,34)(H,30,35)/t22-,23-/m1/s1. The van der Waals surface area contributed by atoms with Crippen LogP contribution in [0.1, 0.15) is 35.8 Å². The molecule has 8 nitrogen and oxygen atoms in total. The van der Waals surface area contributed by atoms with E-state index >= 15 is 0 Å². The van der Waals surface area contributed by atoms with Gasteiger partial charge in [-0.25, -0.2) is 9.89 Å². The molecule has 2 aliphatic heterocycles. The molecule has 3 amide bonds. The SMILES string of the molecule is CC[C@@H](SC1=Nc2ccccc2C2=N[C@H](CC(=O)NCc3cccs3)C(=O)N12)C(=O)Nc1cccc(C)c1. The van der Waals surface area contributed by atoms with Crippen LogP contribution in [0.4, 0.5) is 11.4 Å². The number of nitrogens with one attached hydrogen (secondary N) is 2. The number of amides is 3. The van der Waals surface area contributed by atoms with Crippen LogP contribution in [0, 0.1) is 6.92 Å². The van der Waals surface area contributed by atoms with Crippen molar-refractivity contribution in [1.82, 2.24) is 10.2 Å². The largest absolute Gasteiger partial charge is 0.351 e. The molecule has 3 heterocycles. The molecule has 3 aromatic rings. The Hall–Kier alpha value is -3.76. The number of thiophene rings is 1. The van der Waals surface area contributed by atoms with Crippen LogP contribution in [-0.2, 0) is 20.9 Å². The number of anilines is 1. The number of aliphatic imine (C=N–C) groups is 2. The monoisotopic (exact) mass is 545 g/mol. The van der Waals surface area contributed by atoms with Crippen molar-refractivity contribution in [2.45, 2.75) is 44.5 Å². The first-order chi connectivity index (χ1) is 18.4. The van der Waals surface area contributed by atoms with Gasteiger partial charge in [0.05, 0.1) is 23.9 Å². The fraction of sp³-hybridized carbons (Fsp3) is 0.250. The fourth-order valence-electron chi connectivity index (χ4n) is 4.26. The van der Waals surface area contributed by atoms with Crippen LogP contribution in [-0.4, -0.2) is 44.9 Å². The molecule has 194 valence electrons. The normalized spacial score (nSPS) is 16.7. The maximum absolute atomic E-state index is 13.5. The lowest BCUT2D eigenvalue weighted by Crippen LogP contribution is -2.43. The average molecular weight is 546 g/mol. The van der Waals surface area contributed by atoms with Gasteiger partial charge >= 0.3 is 0 Å². The van der Waals surface area contributed by atoms with Gasteiger partial charge in [0, 0.05) is 16.1 Å². The lowest BCUT2D eigenvalue weighted by atomic mass is 10.1. The summed E-state index contributed by atoms with van der Waals surface area (Å²) in [6.07, 6.45) is 0.474. The number of hydrogen-bond donors (Lipinski definition) is 2. The zero-order valence-corrected chi connectivity index (χ0v) is 22.6. The number of para-hydroxylation sites is 1. The Bertz CT molecular complexity index is 1430. The van der Waals surface area contributed by atoms with Crippen molar-refractivity contribution in [1.29, 1.82) is 0 Å². The molecule has 0 bridgehead atoms. The van der Waals surface area contributed by atoms with E-state index in [2.05, 4.69) is 15.6 Å². The number of aryl methyl sites for hydroxylation is 1. The molecule has 0 spiro atoms. The van der Waals surface area contributed by atoms with Crippen LogP contribution in [0.3, 0.4) is 0 Å². The van der Waals surface area contributed by atoms with E-state index < -0.39 is 11.3 Å². The van der Waals surface area contributed by atoms with Gasteiger partial charge in [-0.15, -0.1) is 11.3 Å². The summed E-state index contributed by atoms with van der Waals surface area (Å²) in [6.45, 7) is 4.30. The Balaban J connectivity index is 1.35. The van der Waals surface area contributed by atoms with E-state index in [-0.39, 0.29) is 24.1 Å². The van der Waals surface area contributed by atoms with Gasteiger partial charge in [0.2, 0.25) is 11.8 Å². The molecule has 0 unspecified atom stereocenters. The number of rotatable bonds is 8. The van der Waals surface area contributed by atoms with Gasteiger partial charge in [-0.1, -0.05) is 49.0 Å². The van der Waals surface area contributed by atoms with Crippen molar-refractivity contribution in [2.24, 2.45) is 9.98 Å². The minimum Gasteiger partial charge on any atom is -0.351 e. The van der Waals surface area contributed by atoms with Crippen LogP contribution < -0.4 is 10.6 Å². The Morgan fingerprint density at radius 1 is 1.13 bits per heavy atom. The zero-order valence-electron chi connectivity index (χ0n) is 21.0. The zero-order chi connectivity index (χ0) is 26.6. The van der Waals surface area contributed by atoms with Crippen molar-refractivity contribution in [3.8, 4) is 0 Å². The van der Waals surface area contributed by atoms with Gasteiger partial charge < -0.3 is 10.6 Å². The molecule has 0 fully saturated rings. The van der Waals surface area contributed by atoms with Crippen molar-refractivity contribution < 1.29 is 14.4 Å². The highest BCUT2D eigenvalue weighted by Gasteiger charge is 2.43. The number of carbonyl (C=O) groups excluding carboxylic acids is 3. The number of nitrogens with zero attached hydrogens (tertiary/aromatic N) is 3. The van der Waals surface area contributed by atoms with Gasteiger partial charge in [-0.2, -0.15) is 0 Å². The summed E-state index contributed by atoms with van der Waals surface area (Å²) < 4.78 is 0. The third kappa shape index (κ3) is 5.56. The third-order valence-electron chi connectivity index (χ3n) is 6.16. The second-order valence-electron chi connectivity index (χ2n) is 8.99. The molecular weight excluding hydrogens is 518 g/mol. The summed E-state index contributed by atoms with van der Waals surface area (Å²) in [5.74, 6) is -0.266. The summed E-state index contributed by atoms with van der Waals surface area (Å²) >= 11 is 2.79. The van der Waals surface area contributed by atoms with Crippen LogP contribution in [0.5, 0.6) is 0 Å². The van der Waals surface area contributed by atoms with Crippen molar-refractivity contribution in [2.75, 3.05) is 5.32 Å². The van der Waals surface area contributed by atoms with Gasteiger partial charge in [0.1, 0.15) is 11.9 Å². The van der Waals surface area contributed by atoms with Crippen LogP contribution in [0.2, 0.25) is 0 Å². The molecular formula is C28H27N5O3S2. The van der Waals surface area contributed by atoms with E-state index in [9.17, 15) is 14.4 Å². The predicted molar refractivity (Wildman–Crippen MR) is 153 cm³/mol. The highest BCUT2D eigenvalue weighted by molar-refractivity contribution is 8.15. The molecule has 5 rings (SSSR count). The minimum atomic E-state index is -0.855. The van der Waals surface area contributed by atoms with Gasteiger partial charge in [0.15, 0.2) is 5.17 Å². The van der Waals surface area contributed by atoms with Crippen molar-refractivity contribution in [3.05, 3.63) is 82.0 Å². The average Bonchev–Trinajstić information content (AvgIpc) is 3.54. The molecule has 2 aliphatic rings. The van der Waals surface area contributed by atoms with E-state index in [1.165, 1.54) is 16.7 Å². The number of benzene rings is 2. The molecule has 0 radical (unpaired) electrons. The summed E-state index contributed by atoms with van der Waals surface area (Å²) in [5.41, 5.74) is 3.17. The van der Waals surface area contributed by atoms with Crippen molar-refractivity contribution >= 4 is 63.2 Å². The smallest absolute Gasteiger partial charge is 0.259 e. The first-order valence-electron chi connectivity index (χ1n) is 12.4. The van der Waals surface area contributed by atoms with Gasteiger partial charge in [-0.3, -0.25) is 19.4 Å². The molecule has 2 aromatic carbocycles. The maximum atomic E-state index is 13.5. The Morgan fingerprint density at radius 3 is 2.74 bits per heavy atom.